The van der Waals surface area contributed by atoms with Gasteiger partial charge < -0.3 is 10.2 Å². The number of amides is 1. The molecule has 0 radical (unpaired) electrons. The van der Waals surface area contributed by atoms with Gasteiger partial charge in [0.05, 0.1) is 17.4 Å². The zero-order chi connectivity index (χ0) is 25.5. The Hall–Kier alpha value is -3.29. The fourth-order valence-electron chi connectivity index (χ4n) is 5.12. The number of benzene rings is 2. The molecule has 0 aromatic heterocycles. The molecule has 35 heavy (non-hydrogen) atoms. The van der Waals surface area contributed by atoms with Crippen LogP contribution in [-0.4, -0.2) is 31.0 Å². The van der Waals surface area contributed by atoms with Crippen molar-refractivity contribution >= 4 is 28.8 Å². The van der Waals surface area contributed by atoms with Crippen LogP contribution in [0.2, 0.25) is 0 Å². The van der Waals surface area contributed by atoms with E-state index in [0.717, 1.165) is 23.7 Å². The van der Waals surface area contributed by atoms with Crippen LogP contribution in [0.5, 0.6) is 0 Å². The summed E-state index contributed by atoms with van der Waals surface area (Å²) in [6.45, 7) is 9.51. The van der Waals surface area contributed by atoms with Gasteiger partial charge in [0.1, 0.15) is 0 Å². The number of alkyl halides is 3. The minimum Gasteiger partial charge on any atom is -0.372 e. The maximum Gasteiger partial charge on any atom is 0.471 e. The molecule has 1 unspecified atom stereocenters. The first-order valence-electron chi connectivity index (χ1n) is 11.8. The van der Waals surface area contributed by atoms with E-state index in [1.165, 1.54) is 6.07 Å². The van der Waals surface area contributed by atoms with Crippen LogP contribution in [0.1, 0.15) is 52.1 Å². The first-order chi connectivity index (χ1) is 16.5. The quantitative estimate of drug-likeness (QED) is 0.557. The molecule has 8 heteroatoms. The second-order valence-corrected chi connectivity index (χ2v) is 9.81. The van der Waals surface area contributed by atoms with Crippen LogP contribution in [0, 0.1) is 5.41 Å². The number of nitrogens with zero attached hydrogens (tertiary/aromatic N) is 2. The largest absolute Gasteiger partial charge is 0.471 e. The normalized spacial score (nSPS) is 19.5. The van der Waals surface area contributed by atoms with Gasteiger partial charge in [-0.05, 0) is 55.5 Å². The standard InChI is InChI=1S/C27H30F3N3O2/c1-5-32(6-2)18-13-11-17(12-14-18)24-23-20(15-26(3,4)16-22(23)34)31-19-9-7-8-10-21(19)33(24)25(35)27(28,29)30/h7-14,24,31H,5-6,15-16H2,1-4H3. The number of hydrogen-bond acceptors (Lipinski definition) is 4. The van der Waals surface area contributed by atoms with E-state index in [2.05, 4.69) is 10.2 Å². The van der Waals surface area contributed by atoms with Gasteiger partial charge in [-0.3, -0.25) is 14.5 Å². The molecular formula is C27H30F3N3O2. The highest BCUT2D eigenvalue weighted by Crippen LogP contribution is 2.49. The molecule has 2 aromatic carbocycles. The molecule has 5 nitrogen and oxygen atoms in total. The Morgan fingerprint density at radius 1 is 1.06 bits per heavy atom. The van der Waals surface area contributed by atoms with Crippen LogP contribution < -0.4 is 15.1 Å². The Balaban J connectivity index is 1.97. The van der Waals surface area contributed by atoms with E-state index in [4.69, 9.17) is 0 Å². The Morgan fingerprint density at radius 2 is 1.69 bits per heavy atom. The van der Waals surface area contributed by atoms with Crippen LogP contribution >= 0.6 is 0 Å². The summed E-state index contributed by atoms with van der Waals surface area (Å²) < 4.78 is 41.8. The molecule has 1 heterocycles. The summed E-state index contributed by atoms with van der Waals surface area (Å²) in [6.07, 6.45) is -4.45. The summed E-state index contributed by atoms with van der Waals surface area (Å²) in [5.74, 6) is -2.26. The predicted octanol–water partition coefficient (Wildman–Crippen LogP) is 6.24. The topological polar surface area (TPSA) is 52.7 Å². The molecule has 186 valence electrons. The number of ketones is 1. The molecule has 1 aliphatic heterocycles. The number of nitrogens with one attached hydrogen (secondary N) is 1. The van der Waals surface area contributed by atoms with Crippen molar-refractivity contribution in [1.82, 2.24) is 0 Å². The lowest BCUT2D eigenvalue weighted by atomic mass is 9.73. The van der Waals surface area contributed by atoms with Crippen molar-refractivity contribution in [3.05, 3.63) is 65.4 Å². The van der Waals surface area contributed by atoms with Crippen LogP contribution in [-0.2, 0) is 9.59 Å². The highest BCUT2D eigenvalue weighted by Gasteiger charge is 2.50. The predicted molar refractivity (Wildman–Crippen MR) is 131 cm³/mol. The van der Waals surface area contributed by atoms with E-state index in [1.54, 1.807) is 30.3 Å². The minimum absolute atomic E-state index is 0.0904. The van der Waals surface area contributed by atoms with Crippen molar-refractivity contribution < 1.29 is 22.8 Å². The van der Waals surface area contributed by atoms with E-state index < -0.39 is 18.1 Å². The fourth-order valence-corrected chi connectivity index (χ4v) is 5.12. The van der Waals surface area contributed by atoms with Crippen LogP contribution in [0.25, 0.3) is 0 Å². The van der Waals surface area contributed by atoms with Gasteiger partial charge in [-0.1, -0.05) is 38.1 Å². The molecule has 0 spiro atoms. The first kappa shape index (κ1) is 24.8. The molecule has 0 bridgehead atoms. The van der Waals surface area contributed by atoms with E-state index in [1.807, 2.05) is 39.8 Å². The molecule has 1 aliphatic carbocycles. The molecule has 2 aliphatic rings. The zero-order valence-corrected chi connectivity index (χ0v) is 20.4. The van der Waals surface area contributed by atoms with Crippen LogP contribution in [0.3, 0.4) is 0 Å². The number of halogens is 3. The van der Waals surface area contributed by atoms with Crippen LogP contribution in [0.15, 0.2) is 59.8 Å². The lowest BCUT2D eigenvalue weighted by Gasteiger charge is -2.37. The fraction of sp³-hybridized carbons (Fsp3) is 0.407. The number of hydrogen-bond donors (Lipinski definition) is 1. The molecule has 2 aromatic rings. The Labute approximate surface area is 203 Å². The van der Waals surface area contributed by atoms with Gasteiger partial charge in [0.15, 0.2) is 5.78 Å². The molecule has 0 fully saturated rings. The van der Waals surface area contributed by atoms with Gasteiger partial charge in [-0.25, -0.2) is 0 Å². The smallest absolute Gasteiger partial charge is 0.372 e. The summed E-state index contributed by atoms with van der Waals surface area (Å²) in [5, 5.41) is 3.22. The monoisotopic (exact) mass is 485 g/mol. The van der Waals surface area contributed by atoms with Crippen molar-refractivity contribution in [3.63, 3.8) is 0 Å². The third kappa shape index (κ3) is 4.66. The highest BCUT2D eigenvalue weighted by molar-refractivity contribution is 6.07. The summed E-state index contributed by atoms with van der Waals surface area (Å²) in [7, 11) is 0. The highest BCUT2D eigenvalue weighted by atomic mass is 19.4. The maximum absolute atomic E-state index is 13.9. The third-order valence-electron chi connectivity index (χ3n) is 6.70. The number of allylic oxidation sites excluding steroid dienone is 1. The molecule has 0 saturated carbocycles. The molecular weight excluding hydrogens is 455 g/mol. The second-order valence-electron chi connectivity index (χ2n) is 9.81. The van der Waals surface area contributed by atoms with Gasteiger partial charge in [0, 0.05) is 36.5 Å². The summed E-state index contributed by atoms with van der Waals surface area (Å²) in [5.41, 5.74) is 2.25. The number of anilines is 3. The molecule has 1 N–H and O–H groups in total. The van der Waals surface area contributed by atoms with Crippen LogP contribution in [0.4, 0.5) is 30.2 Å². The van der Waals surface area contributed by atoms with Crippen molar-refractivity contribution in [1.29, 1.82) is 0 Å². The van der Waals surface area contributed by atoms with E-state index in [0.29, 0.717) is 23.4 Å². The number of Topliss-reactive ketones (excluding diaryl/α,β-unsaturated/α-hetero) is 1. The minimum atomic E-state index is -5.12. The molecule has 0 saturated heterocycles. The Morgan fingerprint density at radius 3 is 2.29 bits per heavy atom. The number of carbonyl (C=O) groups excluding carboxylic acids is 2. The van der Waals surface area contributed by atoms with Gasteiger partial charge in [0.2, 0.25) is 0 Å². The lowest BCUT2D eigenvalue weighted by molar-refractivity contribution is -0.170. The van der Waals surface area contributed by atoms with Crippen molar-refractivity contribution in [3.8, 4) is 0 Å². The SMILES string of the molecule is CCN(CC)c1ccc(C2C3=C(CC(C)(C)CC3=O)Nc3ccccc3N2C(=O)C(F)(F)F)cc1. The van der Waals surface area contributed by atoms with Gasteiger partial charge in [-0.2, -0.15) is 13.2 Å². The summed E-state index contributed by atoms with van der Waals surface area (Å²) >= 11 is 0. The molecule has 1 atom stereocenters. The Kier molecular flexibility index (Phi) is 6.42. The third-order valence-corrected chi connectivity index (χ3v) is 6.70. The van der Waals surface area contributed by atoms with E-state index in [9.17, 15) is 22.8 Å². The van der Waals surface area contributed by atoms with Crippen molar-refractivity contribution in [2.75, 3.05) is 28.2 Å². The van der Waals surface area contributed by atoms with Crippen molar-refractivity contribution in [2.45, 2.75) is 52.8 Å². The number of fused-ring (bicyclic) bond motifs is 1. The number of carbonyl (C=O) groups is 2. The molecule has 4 rings (SSSR count). The number of rotatable bonds is 4. The Bertz CT molecular complexity index is 1160. The lowest BCUT2D eigenvalue weighted by Crippen LogP contribution is -2.45. The summed E-state index contributed by atoms with van der Waals surface area (Å²) in [6, 6.07) is 12.3. The average Bonchev–Trinajstić information content (AvgIpc) is 2.92. The summed E-state index contributed by atoms with van der Waals surface area (Å²) in [4.78, 5) is 29.3. The van der Waals surface area contributed by atoms with Gasteiger partial charge >= 0.3 is 12.1 Å². The molecule has 1 amide bonds. The second kappa shape index (κ2) is 9.06. The van der Waals surface area contributed by atoms with E-state index >= 15 is 0 Å². The number of para-hydroxylation sites is 2. The first-order valence-corrected chi connectivity index (χ1v) is 11.8. The maximum atomic E-state index is 13.9. The average molecular weight is 486 g/mol. The van der Waals surface area contributed by atoms with E-state index in [-0.39, 0.29) is 28.9 Å². The zero-order valence-electron chi connectivity index (χ0n) is 20.4. The van der Waals surface area contributed by atoms with Crippen molar-refractivity contribution in [2.24, 2.45) is 5.41 Å². The van der Waals surface area contributed by atoms with Gasteiger partial charge in [-0.15, -0.1) is 0 Å². The van der Waals surface area contributed by atoms with Gasteiger partial charge in [0.25, 0.3) is 0 Å².